The summed E-state index contributed by atoms with van der Waals surface area (Å²) in [5.74, 6) is -3.37. The van der Waals surface area contributed by atoms with Crippen LogP contribution < -0.4 is 27.4 Å². The number of aliphatic hydroxyl groups is 1. The van der Waals surface area contributed by atoms with Crippen molar-refractivity contribution < 1.29 is 29.4 Å². The number of carboxylic acid groups (broad SMARTS) is 1. The summed E-state index contributed by atoms with van der Waals surface area (Å²) in [4.78, 5) is 49.1. The lowest BCUT2D eigenvalue weighted by atomic mass is 10.0. The summed E-state index contributed by atoms with van der Waals surface area (Å²) in [5, 5.41) is 26.3. The zero-order chi connectivity index (χ0) is 24.8. The third-order valence-corrected chi connectivity index (χ3v) is 5.22. The molecular weight excluding hydrogens is 450 g/mol. The highest BCUT2D eigenvalue weighted by Crippen LogP contribution is 2.06. The number of unbranched alkanes of at least 4 members (excludes halogenated alkanes) is 1. The van der Waals surface area contributed by atoms with Crippen molar-refractivity contribution in [3.63, 3.8) is 0 Å². The second kappa shape index (κ2) is 15.2. The third-order valence-electron chi connectivity index (χ3n) is 4.83. The minimum atomic E-state index is -1.34. The van der Waals surface area contributed by atoms with Crippen LogP contribution in [0.2, 0.25) is 0 Å². The van der Waals surface area contributed by atoms with E-state index in [0.29, 0.717) is 19.4 Å². The van der Waals surface area contributed by atoms with E-state index in [1.807, 2.05) is 0 Å². The van der Waals surface area contributed by atoms with Crippen LogP contribution >= 0.6 is 12.6 Å². The van der Waals surface area contributed by atoms with Gasteiger partial charge in [-0.25, -0.2) is 4.79 Å². The van der Waals surface area contributed by atoms with Crippen molar-refractivity contribution in [3.8, 4) is 0 Å². The first-order valence-electron chi connectivity index (χ1n) is 10.6. The Kier molecular flexibility index (Phi) is 13.1. The molecule has 0 aliphatic rings. The predicted octanol–water partition coefficient (Wildman–Crippen LogP) is -1.85. The van der Waals surface area contributed by atoms with Crippen LogP contribution in [0.3, 0.4) is 0 Å². The number of nitrogens with two attached hydrogens (primary N) is 2. The highest BCUT2D eigenvalue weighted by Gasteiger charge is 2.29. The molecule has 1 rings (SSSR count). The number of hydrogen-bond acceptors (Lipinski definition) is 8. The lowest BCUT2D eigenvalue weighted by Gasteiger charge is -2.24. The summed E-state index contributed by atoms with van der Waals surface area (Å²) in [5.41, 5.74) is 11.8. The molecule has 1 aromatic rings. The molecule has 0 heterocycles. The number of amides is 3. The van der Waals surface area contributed by atoms with Gasteiger partial charge in [0.2, 0.25) is 17.7 Å². The van der Waals surface area contributed by atoms with Crippen LogP contribution in [0.25, 0.3) is 0 Å². The monoisotopic (exact) mass is 483 g/mol. The third kappa shape index (κ3) is 10.2. The molecule has 0 radical (unpaired) electrons. The van der Waals surface area contributed by atoms with Crippen LogP contribution in [-0.2, 0) is 25.6 Å². The van der Waals surface area contributed by atoms with Crippen LogP contribution in [0.1, 0.15) is 24.8 Å². The minimum absolute atomic E-state index is 0.0354. The Balaban J connectivity index is 2.90. The summed E-state index contributed by atoms with van der Waals surface area (Å²) >= 11 is 3.91. The van der Waals surface area contributed by atoms with Crippen molar-refractivity contribution in [1.29, 1.82) is 0 Å². The van der Waals surface area contributed by atoms with Gasteiger partial charge in [0.1, 0.15) is 18.1 Å². The number of carbonyl (C=O) groups excluding carboxylic acids is 3. The summed E-state index contributed by atoms with van der Waals surface area (Å²) in [6.45, 7) is -0.343. The number of carbonyl (C=O) groups is 4. The number of thiol groups is 1. The normalized spacial score (nSPS) is 14.4. The molecule has 0 saturated carbocycles. The van der Waals surface area contributed by atoms with E-state index in [2.05, 4.69) is 28.6 Å². The fourth-order valence-corrected chi connectivity index (χ4v) is 3.08. The molecule has 0 fully saturated rings. The molecule has 4 unspecified atom stereocenters. The average molecular weight is 484 g/mol. The van der Waals surface area contributed by atoms with Gasteiger partial charge in [-0.3, -0.25) is 14.4 Å². The molecule has 0 bridgehead atoms. The van der Waals surface area contributed by atoms with E-state index in [1.165, 1.54) is 0 Å². The van der Waals surface area contributed by atoms with E-state index in [9.17, 15) is 29.4 Å². The zero-order valence-electron chi connectivity index (χ0n) is 18.3. The largest absolute Gasteiger partial charge is 0.480 e. The molecule has 0 aromatic heterocycles. The van der Waals surface area contributed by atoms with Crippen molar-refractivity contribution in [1.82, 2.24) is 16.0 Å². The van der Waals surface area contributed by atoms with Crippen LogP contribution in [0.4, 0.5) is 0 Å². The fourth-order valence-electron chi connectivity index (χ4n) is 2.91. The van der Waals surface area contributed by atoms with E-state index in [1.54, 1.807) is 30.3 Å². The first-order chi connectivity index (χ1) is 15.7. The molecule has 9 N–H and O–H groups in total. The Labute approximate surface area is 198 Å². The van der Waals surface area contributed by atoms with Gasteiger partial charge >= 0.3 is 5.97 Å². The Morgan fingerprint density at radius 1 is 0.909 bits per heavy atom. The van der Waals surface area contributed by atoms with Gasteiger partial charge in [-0.15, -0.1) is 0 Å². The molecule has 11 nitrogen and oxygen atoms in total. The Morgan fingerprint density at radius 2 is 1.48 bits per heavy atom. The molecule has 184 valence electrons. The molecule has 3 amide bonds. The zero-order valence-corrected chi connectivity index (χ0v) is 19.2. The van der Waals surface area contributed by atoms with Crippen LogP contribution in [0, 0.1) is 0 Å². The smallest absolute Gasteiger partial charge is 0.326 e. The quantitative estimate of drug-likeness (QED) is 0.105. The van der Waals surface area contributed by atoms with Gasteiger partial charge in [-0.2, -0.15) is 12.6 Å². The van der Waals surface area contributed by atoms with Gasteiger partial charge in [-0.1, -0.05) is 30.3 Å². The highest BCUT2D eigenvalue weighted by atomic mass is 32.1. The van der Waals surface area contributed by atoms with Gasteiger partial charge in [-0.05, 0) is 31.4 Å². The van der Waals surface area contributed by atoms with Gasteiger partial charge in [0, 0.05) is 12.2 Å². The van der Waals surface area contributed by atoms with Crippen LogP contribution in [0.5, 0.6) is 0 Å². The molecule has 0 spiro atoms. The van der Waals surface area contributed by atoms with Crippen molar-refractivity contribution in [2.75, 3.05) is 18.9 Å². The molecule has 4 atom stereocenters. The Morgan fingerprint density at radius 3 is 2.03 bits per heavy atom. The van der Waals surface area contributed by atoms with Crippen LogP contribution in [-0.4, -0.2) is 77.0 Å². The molecule has 33 heavy (non-hydrogen) atoms. The van der Waals surface area contributed by atoms with Crippen molar-refractivity contribution >= 4 is 36.3 Å². The SMILES string of the molecule is NCCCCC(NC(=O)C(CO)NC(=O)C(N)CS)C(=O)NC(Cc1ccccc1)C(=O)O. The van der Waals surface area contributed by atoms with Gasteiger partial charge in [0.15, 0.2) is 0 Å². The number of rotatable bonds is 15. The van der Waals surface area contributed by atoms with Gasteiger partial charge < -0.3 is 37.6 Å². The first-order valence-corrected chi connectivity index (χ1v) is 11.2. The van der Waals surface area contributed by atoms with Crippen molar-refractivity contribution in [2.45, 2.75) is 49.9 Å². The van der Waals surface area contributed by atoms with E-state index >= 15 is 0 Å². The summed E-state index contributed by atoms with van der Waals surface area (Å²) in [6, 6.07) is 4.17. The molecular formula is C21H33N5O6S. The lowest BCUT2D eigenvalue weighted by molar-refractivity contribution is -0.142. The number of benzene rings is 1. The summed E-state index contributed by atoms with van der Waals surface area (Å²) < 4.78 is 0. The molecule has 0 aliphatic carbocycles. The van der Waals surface area contributed by atoms with Crippen molar-refractivity contribution in [2.24, 2.45) is 11.5 Å². The topological polar surface area (TPSA) is 197 Å². The van der Waals surface area contributed by atoms with Gasteiger partial charge in [0.05, 0.1) is 12.6 Å². The maximum absolute atomic E-state index is 12.9. The number of carboxylic acids is 1. The second-order valence-corrected chi connectivity index (χ2v) is 7.83. The number of nitrogens with one attached hydrogen (secondary N) is 3. The predicted molar refractivity (Wildman–Crippen MR) is 125 cm³/mol. The summed E-state index contributed by atoms with van der Waals surface area (Å²) in [6.07, 6.45) is 1.33. The Bertz CT molecular complexity index is 782. The van der Waals surface area contributed by atoms with E-state index in [4.69, 9.17) is 11.5 Å². The summed E-state index contributed by atoms with van der Waals surface area (Å²) in [7, 11) is 0. The van der Waals surface area contributed by atoms with E-state index in [-0.39, 0.29) is 18.6 Å². The molecule has 0 saturated heterocycles. The first kappa shape index (κ1) is 28.4. The maximum atomic E-state index is 12.9. The average Bonchev–Trinajstić information content (AvgIpc) is 2.81. The van der Waals surface area contributed by atoms with Gasteiger partial charge in [0.25, 0.3) is 0 Å². The molecule has 0 aliphatic heterocycles. The Hall–Kier alpha value is -2.67. The second-order valence-electron chi connectivity index (χ2n) is 7.47. The standard InChI is InChI=1S/C21H33N5O6S/c22-9-5-4-8-15(24-20(30)17(11-27)26-18(28)14(23)12-33)19(29)25-16(21(31)32)10-13-6-2-1-3-7-13/h1-3,6-7,14-17,27,33H,4-5,8-12,22-23H2,(H,24,30)(H,25,29)(H,26,28)(H,31,32). The molecule has 12 heteroatoms. The molecule has 1 aromatic carbocycles. The highest BCUT2D eigenvalue weighted by molar-refractivity contribution is 7.80. The minimum Gasteiger partial charge on any atom is -0.480 e. The maximum Gasteiger partial charge on any atom is 0.326 e. The van der Waals surface area contributed by atoms with Crippen molar-refractivity contribution in [3.05, 3.63) is 35.9 Å². The fraction of sp³-hybridized carbons (Fsp3) is 0.524. The lowest BCUT2D eigenvalue weighted by Crippen LogP contribution is -2.58. The number of aliphatic hydroxyl groups excluding tert-OH is 1. The number of hydrogen-bond donors (Lipinski definition) is 8. The van der Waals surface area contributed by atoms with E-state index < -0.39 is 54.5 Å². The van der Waals surface area contributed by atoms with E-state index in [0.717, 1.165) is 5.56 Å². The number of aliphatic carboxylic acids is 1. The van der Waals surface area contributed by atoms with Crippen LogP contribution in [0.15, 0.2) is 30.3 Å².